The number of hydrogen-bond acceptors (Lipinski definition) is 3. The molecule has 4 nitrogen and oxygen atoms in total. The van der Waals surface area contributed by atoms with E-state index in [2.05, 4.69) is 4.90 Å². The van der Waals surface area contributed by atoms with E-state index in [1.165, 1.54) is 0 Å². The van der Waals surface area contributed by atoms with Crippen LogP contribution >= 0.6 is 11.6 Å². The molecule has 0 amide bonds. The molecule has 22 heavy (non-hydrogen) atoms. The molecule has 0 N–H and O–H groups in total. The summed E-state index contributed by atoms with van der Waals surface area (Å²) in [5.41, 5.74) is 3.88. The average Bonchev–Trinajstić information content (AvgIpc) is 2.84. The van der Waals surface area contributed by atoms with E-state index >= 15 is 0 Å². The van der Waals surface area contributed by atoms with Gasteiger partial charge in [0, 0.05) is 18.3 Å². The molecule has 5 heteroatoms. The Balaban J connectivity index is 2.28. The van der Waals surface area contributed by atoms with Gasteiger partial charge in [-0.2, -0.15) is 0 Å². The van der Waals surface area contributed by atoms with E-state index in [0.717, 1.165) is 34.9 Å². The van der Waals surface area contributed by atoms with Gasteiger partial charge in [0.05, 0.1) is 23.5 Å². The topological polar surface area (TPSA) is 29.8 Å². The Morgan fingerprint density at radius 3 is 2.68 bits per heavy atom. The molecule has 2 aromatic heterocycles. The number of halogens is 1. The van der Waals surface area contributed by atoms with Crippen molar-refractivity contribution in [2.75, 3.05) is 21.2 Å². The van der Waals surface area contributed by atoms with Crippen LogP contribution in [0.5, 0.6) is 5.75 Å². The van der Waals surface area contributed by atoms with Crippen molar-refractivity contribution in [3.63, 3.8) is 0 Å². The van der Waals surface area contributed by atoms with Gasteiger partial charge in [-0.05, 0) is 38.4 Å². The molecule has 0 atom stereocenters. The highest BCUT2D eigenvalue weighted by atomic mass is 35.5. The highest BCUT2D eigenvalue weighted by Crippen LogP contribution is 2.33. The molecule has 0 saturated heterocycles. The van der Waals surface area contributed by atoms with Crippen molar-refractivity contribution in [1.82, 2.24) is 14.3 Å². The summed E-state index contributed by atoms with van der Waals surface area (Å²) in [6.45, 7) is 0.759. The van der Waals surface area contributed by atoms with Gasteiger partial charge < -0.3 is 14.0 Å². The number of hydrogen-bond donors (Lipinski definition) is 0. The number of para-hydroxylation sites is 1. The van der Waals surface area contributed by atoms with Gasteiger partial charge in [-0.25, -0.2) is 4.98 Å². The van der Waals surface area contributed by atoms with Crippen molar-refractivity contribution < 1.29 is 4.74 Å². The monoisotopic (exact) mass is 315 g/mol. The van der Waals surface area contributed by atoms with E-state index in [9.17, 15) is 0 Å². The lowest BCUT2D eigenvalue weighted by Gasteiger charge is -2.13. The first-order valence-corrected chi connectivity index (χ1v) is 7.42. The van der Waals surface area contributed by atoms with Crippen LogP contribution in [-0.4, -0.2) is 35.5 Å². The van der Waals surface area contributed by atoms with Gasteiger partial charge in [0.25, 0.3) is 0 Å². The fraction of sp³-hybridized carbons (Fsp3) is 0.235. The largest absolute Gasteiger partial charge is 0.496 e. The molecule has 3 aromatic rings. The minimum atomic E-state index is 0.691. The fourth-order valence-electron chi connectivity index (χ4n) is 2.57. The average molecular weight is 316 g/mol. The third kappa shape index (κ3) is 2.67. The van der Waals surface area contributed by atoms with Crippen LogP contribution in [0, 0.1) is 0 Å². The molecule has 0 aliphatic rings. The number of benzene rings is 1. The van der Waals surface area contributed by atoms with Gasteiger partial charge in [-0.3, -0.25) is 0 Å². The third-order valence-electron chi connectivity index (χ3n) is 3.51. The molecule has 0 bridgehead atoms. The van der Waals surface area contributed by atoms with Crippen molar-refractivity contribution in [1.29, 1.82) is 0 Å². The predicted octanol–water partition coefficient (Wildman–Crippen LogP) is 3.72. The summed E-state index contributed by atoms with van der Waals surface area (Å²) in [7, 11) is 5.75. The van der Waals surface area contributed by atoms with Gasteiger partial charge in [-0.15, -0.1) is 0 Å². The summed E-state index contributed by atoms with van der Waals surface area (Å²) in [4.78, 5) is 6.90. The molecule has 0 fully saturated rings. The Hall–Kier alpha value is -2.04. The van der Waals surface area contributed by atoms with E-state index in [4.69, 9.17) is 21.3 Å². The zero-order valence-electron chi connectivity index (χ0n) is 12.9. The van der Waals surface area contributed by atoms with Gasteiger partial charge in [-0.1, -0.05) is 23.7 Å². The summed E-state index contributed by atoms with van der Waals surface area (Å²) in [5.74, 6) is 0.817. The van der Waals surface area contributed by atoms with Crippen molar-refractivity contribution in [2.24, 2.45) is 0 Å². The molecule has 2 heterocycles. The summed E-state index contributed by atoms with van der Waals surface area (Å²) in [6, 6.07) is 11.7. The van der Waals surface area contributed by atoms with E-state index in [-0.39, 0.29) is 0 Å². The molecule has 0 unspecified atom stereocenters. The lowest BCUT2D eigenvalue weighted by Crippen LogP contribution is -2.13. The van der Waals surface area contributed by atoms with Crippen molar-refractivity contribution in [3.8, 4) is 17.0 Å². The first-order valence-electron chi connectivity index (χ1n) is 7.04. The number of rotatable bonds is 4. The molecule has 3 rings (SSSR count). The standard InChI is InChI=1S/C17H18ClN3O/c1-20(2)11-14-17(13-6-4-5-7-15(13)22-3)19-16-9-8-12(18)10-21(14)16/h4-10H,11H2,1-3H3. The van der Waals surface area contributed by atoms with Crippen LogP contribution in [0.25, 0.3) is 16.9 Å². The number of pyridine rings is 1. The molecular weight excluding hydrogens is 298 g/mol. The number of nitrogens with zero attached hydrogens (tertiary/aromatic N) is 3. The van der Waals surface area contributed by atoms with Crippen molar-refractivity contribution >= 4 is 17.2 Å². The van der Waals surface area contributed by atoms with Crippen LogP contribution in [0.15, 0.2) is 42.6 Å². The SMILES string of the molecule is COc1ccccc1-c1nc2ccc(Cl)cn2c1CN(C)C. The van der Waals surface area contributed by atoms with Crippen LogP contribution in [0.1, 0.15) is 5.69 Å². The lowest BCUT2D eigenvalue weighted by molar-refractivity contribution is 0.395. The van der Waals surface area contributed by atoms with Crippen LogP contribution in [0.2, 0.25) is 5.02 Å². The number of aromatic nitrogens is 2. The normalized spacial score (nSPS) is 11.3. The molecule has 1 aromatic carbocycles. The van der Waals surface area contributed by atoms with E-state index in [0.29, 0.717) is 5.02 Å². The zero-order valence-corrected chi connectivity index (χ0v) is 13.6. The van der Waals surface area contributed by atoms with Crippen molar-refractivity contribution in [3.05, 3.63) is 53.3 Å². The fourth-order valence-corrected chi connectivity index (χ4v) is 2.73. The van der Waals surface area contributed by atoms with Gasteiger partial charge in [0.1, 0.15) is 11.4 Å². The summed E-state index contributed by atoms with van der Waals surface area (Å²) in [6.07, 6.45) is 1.90. The minimum Gasteiger partial charge on any atom is -0.496 e. The minimum absolute atomic E-state index is 0.691. The van der Waals surface area contributed by atoms with E-state index in [1.807, 2.05) is 61.1 Å². The van der Waals surface area contributed by atoms with E-state index in [1.54, 1.807) is 7.11 Å². The maximum Gasteiger partial charge on any atom is 0.137 e. The molecule has 114 valence electrons. The molecule has 0 aliphatic heterocycles. The molecule has 0 saturated carbocycles. The molecule has 0 aliphatic carbocycles. The first-order chi connectivity index (χ1) is 10.6. The quantitative estimate of drug-likeness (QED) is 0.735. The van der Waals surface area contributed by atoms with E-state index < -0.39 is 0 Å². The molecule has 0 spiro atoms. The number of fused-ring (bicyclic) bond motifs is 1. The smallest absolute Gasteiger partial charge is 0.137 e. The summed E-state index contributed by atoms with van der Waals surface area (Å²) in [5, 5.41) is 0.691. The highest BCUT2D eigenvalue weighted by Gasteiger charge is 2.17. The Morgan fingerprint density at radius 1 is 1.18 bits per heavy atom. The van der Waals surface area contributed by atoms with Crippen LogP contribution in [0.4, 0.5) is 0 Å². The maximum atomic E-state index is 6.15. The van der Waals surface area contributed by atoms with Gasteiger partial charge >= 0.3 is 0 Å². The van der Waals surface area contributed by atoms with Gasteiger partial charge in [0.15, 0.2) is 0 Å². The Kier molecular flexibility index (Phi) is 4.05. The lowest BCUT2D eigenvalue weighted by atomic mass is 10.1. The third-order valence-corrected chi connectivity index (χ3v) is 3.73. The first kappa shape index (κ1) is 14.9. The van der Waals surface area contributed by atoms with Crippen LogP contribution < -0.4 is 4.74 Å². The molecule has 0 radical (unpaired) electrons. The highest BCUT2D eigenvalue weighted by molar-refractivity contribution is 6.30. The zero-order chi connectivity index (χ0) is 15.7. The van der Waals surface area contributed by atoms with Crippen LogP contribution in [0.3, 0.4) is 0 Å². The Bertz CT molecular complexity index is 811. The second-order valence-electron chi connectivity index (χ2n) is 5.42. The van der Waals surface area contributed by atoms with Gasteiger partial charge in [0.2, 0.25) is 0 Å². The molecular formula is C17H18ClN3O. The van der Waals surface area contributed by atoms with Crippen LogP contribution in [-0.2, 0) is 6.54 Å². The number of methoxy groups -OCH3 is 1. The predicted molar refractivity (Wildman–Crippen MR) is 89.6 cm³/mol. The maximum absolute atomic E-state index is 6.15. The number of ether oxygens (including phenoxy) is 1. The summed E-state index contributed by atoms with van der Waals surface area (Å²) < 4.78 is 7.54. The van der Waals surface area contributed by atoms with Crippen molar-refractivity contribution in [2.45, 2.75) is 6.54 Å². The second-order valence-corrected chi connectivity index (χ2v) is 5.86. The Labute approximate surface area is 134 Å². The number of imidazole rings is 1. The summed E-state index contributed by atoms with van der Waals surface area (Å²) >= 11 is 6.15. The second kappa shape index (κ2) is 5.99. The Morgan fingerprint density at radius 2 is 1.95 bits per heavy atom.